The van der Waals surface area contributed by atoms with Crippen LogP contribution in [0, 0.1) is 5.92 Å². The van der Waals surface area contributed by atoms with Crippen LogP contribution in [0.1, 0.15) is 30.8 Å². The summed E-state index contributed by atoms with van der Waals surface area (Å²) in [5, 5.41) is 12.7. The lowest BCUT2D eigenvalue weighted by atomic mass is 10.1. The van der Waals surface area contributed by atoms with Gasteiger partial charge in [0.05, 0.1) is 11.5 Å². The monoisotopic (exact) mass is 289 g/mol. The number of aliphatic hydroxyl groups is 1. The highest BCUT2D eigenvalue weighted by molar-refractivity contribution is 5.93. The molecule has 21 heavy (non-hydrogen) atoms. The largest absolute Gasteiger partial charge is 0.451 e. The average molecular weight is 289 g/mol. The number of carbonyl (C=O) groups excluding carboxylic acids is 1. The summed E-state index contributed by atoms with van der Waals surface area (Å²) in [6.45, 7) is 4.12. The number of aliphatic hydroxyl groups excluding tert-OH is 1. The van der Waals surface area contributed by atoms with Crippen LogP contribution < -0.4 is 10.7 Å². The third-order valence-corrected chi connectivity index (χ3v) is 3.10. The number of amides is 1. The van der Waals surface area contributed by atoms with Gasteiger partial charge in [-0.1, -0.05) is 26.0 Å². The molecule has 5 heteroatoms. The van der Waals surface area contributed by atoms with Crippen LogP contribution in [0.15, 0.2) is 39.5 Å². The van der Waals surface area contributed by atoms with Gasteiger partial charge in [0.2, 0.25) is 0 Å². The van der Waals surface area contributed by atoms with Crippen LogP contribution in [0.4, 0.5) is 0 Å². The molecule has 2 rings (SSSR count). The summed E-state index contributed by atoms with van der Waals surface area (Å²) < 4.78 is 5.42. The molecule has 1 unspecified atom stereocenters. The van der Waals surface area contributed by atoms with Gasteiger partial charge in [0.15, 0.2) is 11.2 Å². The molecule has 1 amide bonds. The van der Waals surface area contributed by atoms with E-state index in [2.05, 4.69) is 5.32 Å². The second-order valence-electron chi connectivity index (χ2n) is 5.46. The maximum absolute atomic E-state index is 12.0. The fraction of sp³-hybridized carbons (Fsp3) is 0.375. The Balaban J connectivity index is 2.11. The Bertz CT molecular complexity index is 690. The van der Waals surface area contributed by atoms with Gasteiger partial charge in [0.1, 0.15) is 5.58 Å². The van der Waals surface area contributed by atoms with Gasteiger partial charge in [0, 0.05) is 12.6 Å². The molecule has 1 aromatic carbocycles. The topological polar surface area (TPSA) is 79.5 Å². The summed E-state index contributed by atoms with van der Waals surface area (Å²) in [5.41, 5.74) is 0.114. The third kappa shape index (κ3) is 3.92. The molecule has 5 nitrogen and oxygen atoms in total. The minimum atomic E-state index is -0.610. The molecule has 1 aromatic heterocycles. The number of fused-ring (bicyclic) bond motifs is 1. The summed E-state index contributed by atoms with van der Waals surface area (Å²) in [4.78, 5) is 23.9. The van der Waals surface area contributed by atoms with Crippen molar-refractivity contribution < 1.29 is 14.3 Å². The highest BCUT2D eigenvalue weighted by Crippen LogP contribution is 2.11. The molecule has 1 heterocycles. The van der Waals surface area contributed by atoms with Crippen molar-refractivity contribution in [1.82, 2.24) is 5.32 Å². The van der Waals surface area contributed by atoms with E-state index in [9.17, 15) is 14.7 Å². The van der Waals surface area contributed by atoms with E-state index in [1.807, 2.05) is 13.8 Å². The molecule has 0 saturated heterocycles. The van der Waals surface area contributed by atoms with E-state index in [4.69, 9.17) is 4.42 Å². The van der Waals surface area contributed by atoms with Gasteiger partial charge in [-0.25, -0.2) is 0 Å². The Kier molecular flexibility index (Phi) is 4.75. The van der Waals surface area contributed by atoms with Crippen LogP contribution in [-0.2, 0) is 0 Å². The van der Waals surface area contributed by atoms with Gasteiger partial charge in [0.25, 0.3) is 5.91 Å². The highest BCUT2D eigenvalue weighted by Gasteiger charge is 2.14. The lowest BCUT2D eigenvalue weighted by Crippen LogP contribution is -2.33. The molecule has 0 spiro atoms. The molecule has 112 valence electrons. The first-order chi connectivity index (χ1) is 9.97. The number of hydrogen-bond donors (Lipinski definition) is 2. The van der Waals surface area contributed by atoms with E-state index in [0.29, 0.717) is 23.3 Å². The number of para-hydroxylation sites is 1. The first-order valence-corrected chi connectivity index (χ1v) is 6.96. The van der Waals surface area contributed by atoms with E-state index in [1.54, 1.807) is 24.3 Å². The molecule has 0 bridgehead atoms. The Morgan fingerprint density at radius 1 is 1.33 bits per heavy atom. The minimum Gasteiger partial charge on any atom is -0.451 e. The summed E-state index contributed by atoms with van der Waals surface area (Å²) in [6, 6.07) is 7.93. The number of nitrogens with one attached hydrogen (secondary N) is 1. The molecule has 0 aliphatic carbocycles. The van der Waals surface area contributed by atoms with Gasteiger partial charge in [-0.2, -0.15) is 0 Å². The van der Waals surface area contributed by atoms with E-state index < -0.39 is 12.0 Å². The standard InChI is InChI=1S/C16H19NO4/c1-10(2)7-11(18)9-17-16(20)15-8-13(19)12-5-3-4-6-14(12)21-15/h3-6,8,10-11,18H,7,9H2,1-2H3,(H,17,20). The van der Waals surface area contributed by atoms with Crippen LogP contribution in [0.2, 0.25) is 0 Å². The molecule has 2 N–H and O–H groups in total. The van der Waals surface area contributed by atoms with Crippen LogP contribution in [0.5, 0.6) is 0 Å². The minimum absolute atomic E-state index is 0.0459. The number of benzene rings is 1. The molecule has 0 aliphatic rings. The molecule has 0 fully saturated rings. The molecule has 1 atom stereocenters. The molecule has 0 aliphatic heterocycles. The Morgan fingerprint density at radius 3 is 2.76 bits per heavy atom. The number of rotatable bonds is 5. The van der Waals surface area contributed by atoms with Crippen molar-refractivity contribution in [2.75, 3.05) is 6.54 Å². The molecular weight excluding hydrogens is 270 g/mol. The van der Waals surface area contributed by atoms with E-state index in [-0.39, 0.29) is 17.7 Å². The van der Waals surface area contributed by atoms with Crippen LogP contribution in [0.3, 0.4) is 0 Å². The van der Waals surface area contributed by atoms with Gasteiger partial charge >= 0.3 is 0 Å². The van der Waals surface area contributed by atoms with E-state index >= 15 is 0 Å². The molecule has 0 saturated carbocycles. The fourth-order valence-electron chi connectivity index (χ4n) is 2.14. The average Bonchev–Trinajstić information content (AvgIpc) is 2.44. The highest BCUT2D eigenvalue weighted by atomic mass is 16.3. The van der Waals surface area contributed by atoms with E-state index in [0.717, 1.165) is 0 Å². The zero-order valence-corrected chi connectivity index (χ0v) is 12.1. The van der Waals surface area contributed by atoms with Crippen molar-refractivity contribution in [2.45, 2.75) is 26.4 Å². The molecular formula is C16H19NO4. The van der Waals surface area contributed by atoms with Crippen molar-refractivity contribution in [3.63, 3.8) is 0 Å². The molecule has 0 radical (unpaired) electrons. The maximum atomic E-state index is 12.0. The van der Waals surface area contributed by atoms with Crippen molar-refractivity contribution >= 4 is 16.9 Å². The predicted octanol–water partition coefficient (Wildman–Crippen LogP) is 1.93. The lowest BCUT2D eigenvalue weighted by molar-refractivity contribution is 0.0874. The van der Waals surface area contributed by atoms with Gasteiger partial charge in [-0.15, -0.1) is 0 Å². The smallest absolute Gasteiger partial charge is 0.287 e. The van der Waals surface area contributed by atoms with Gasteiger partial charge < -0.3 is 14.8 Å². The zero-order chi connectivity index (χ0) is 15.4. The predicted molar refractivity (Wildman–Crippen MR) is 80.3 cm³/mol. The SMILES string of the molecule is CC(C)CC(O)CNC(=O)c1cc(=O)c2ccccc2o1. The van der Waals surface area contributed by atoms with Crippen LogP contribution in [0.25, 0.3) is 11.0 Å². The zero-order valence-electron chi connectivity index (χ0n) is 12.1. The first-order valence-electron chi connectivity index (χ1n) is 6.96. The Hall–Kier alpha value is -2.14. The number of hydrogen-bond acceptors (Lipinski definition) is 4. The van der Waals surface area contributed by atoms with Crippen LogP contribution >= 0.6 is 0 Å². The fourth-order valence-corrected chi connectivity index (χ4v) is 2.14. The van der Waals surface area contributed by atoms with Gasteiger partial charge in [-0.3, -0.25) is 9.59 Å². The Morgan fingerprint density at radius 2 is 2.05 bits per heavy atom. The second-order valence-corrected chi connectivity index (χ2v) is 5.46. The summed E-state index contributed by atoms with van der Waals surface area (Å²) in [5.74, 6) is -0.202. The summed E-state index contributed by atoms with van der Waals surface area (Å²) >= 11 is 0. The lowest BCUT2D eigenvalue weighted by Gasteiger charge is -2.13. The quantitative estimate of drug-likeness (QED) is 0.881. The van der Waals surface area contributed by atoms with Crippen molar-refractivity contribution in [2.24, 2.45) is 5.92 Å². The second kappa shape index (κ2) is 6.54. The maximum Gasteiger partial charge on any atom is 0.287 e. The van der Waals surface area contributed by atoms with Crippen molar-refractivity contribution in [3.05, 3.63) is 46.3 Å². The summed E-state index contributed by atoms with van der Waals surface area (Å²) in [7, 11) is 0. The summed E-state index contributed by atoms with van der Waals surface area (Å²) in [6.07, 6.45) is -0.0109. The Labute approximate surface area is 122 Å². The first kappa shape index (κ1) is 15.3. The normalized spacial score (nSPS) is 12.6. The van der Waals surface area contributed by atoms with Crippen LogP contribution in [-0.4, -0.2) is 23.7 Å². The number of carbonyl (C=O) groups is 1. The van der Waals surface area contributed by atoms with Gasteiger partial charge in [-0.05, 0) is 24.5 Å². The van der Waals surface area contributed by atoms with E-state index in [1.165, 1.54) is 6.07 Å². The van der Waals surface area contributed by atoms with Crippen molar-refractivity contribution in [1.29, 1.82) is 0 Å². The third-order valence-electron chi connectivity index (χ3n) is 3.10. The van der Waals surface area contributed by atoms with Crippen molar-refractivity contribution in [3.8, 4) is 0 Å². The molecule has 2 aromatic rings.